The molecule has 0 amide bonds. The lowest BCUT2D eigenvalue weighted by atomic mass is 10.0. The fraction of sp³-hybridized carbons (Fsp3) is 0.185. The van der Waals surface area contributed by atoms with E-state index in [0.717, 1.165) is 28.5 Å². The van der Waals surface area contributed by atoms with Crippen molar-refractivity contribution in [3.05, 3.63) is 102 Å². The second-order valence-electron chi connectivity index (χ2n) is 8.18. The van der Waals surface area contributed by atoms with Gasteiger partial charge in [-0.15, -0.1) is 0 Å². The van der Waals surface area contributed by atoms with Crippen LogP contribution in [0.4, 0.5) is 5.69 Å². The first-order valence-corrected chi connectivity index (χ1v) is 11.5. The van der Waals surface area contributed by atoms with Gasteiger partial charge in [0.1, 0.15) is 17.5 Å². The van der Waals surface area contributed by atoms with Crippen molar-refractivity contribution in [3.63, 3.8) is 0 Å². The molecule has 7 heteroatoms. The van der Waals surface area contributed by atoms with Gasteiger partial charge in [0.15, 0.2) is 5.11 Å². The van der Waals surface area contributed by atoms with E-state index in [2.05, 4.69) is 69.3 Å². The van der Waals surface area contributed by atoms with Gasteiger partial charge in [0.2, 0.25) is 0 Å². The molecule has 4 aromatic rings. The van der Waals surface area contributed by atoms with E-state index in [-0.39, 0.29) is 12.1 Å². The third-order valence-corrected chi connectivity index (χ3v) is 6.42. The van der Waals surface area contributed by atoms with E-state index in [0.29, 0.717) is 10.9 Å². The molecule has 1 aliphatic heterocycles. The number of benzene rings is 2. The summed E-state index contributed by atoms with van der Waals surface area (Å²) in [5, 5.41) is 4.12. The number of hydrogen-bond donors (Lipinski definition) is 1. The lowest BCUT2D eigenvalue weighted by molar-refractivity contribution is 0.402. The second kappa shape index (κ2) is 9.19. The van der Waals surface area contributed by atoms with Gasteiger partial charge in [-0.1, -0.05) is 18.2 Å². The number of hydrogen-bond acceptors (Lipinski definition) is 4. The zero-order valence-electron chi connectivity index (χ0n) is 19.3. The number of ether oxygens (including phenoxy) is 2. The predicted molar refractivity (Wildman–Crippen MR) is 138 cm³/mol. The highest BCUT2D eigenvalue weighted by atomic mass is 32.1. The largest absolute Gasteiger partial charge is 0.497 e. The van der Waals surface area contributed by atoms with Crippen LogP contribution in [-0.4, -0.2) is 28.9 Å². The van der Waals surface area contributed by atoms with Gasteiger partial charge in [-0.2, -0.15) is 0 Å². The molecule has 1 aliphatic rings. The van der Waals surface area contributed by atoms with Gasteiger partial charge in [0.05, 0.1) is 31.6 Å². The Morgan fingerprint density at radius 2 is 1.82 bits per heavy atom. The highest BCUT2D eigenvalue weighted by Gasteiger charge is 2.43. The Kier molecular flexibility index (Phi) is 5.94. The molecule has 0 radical (unpaired) electrons. The summed E-state index contributed by atoms with van der Waals surface area (Å²) in [6.07, 6.45) is 3.90. The van der Waals surface area contributed by atoms with Crippen LogP contribution in [0.2, 0.25) is 0 Å². The van der Waals surface area contributed by atoms with Gasteiger partial charge in [0, 0.05) is 29.8 Å². The smallest absolute Gasteiger partial charge is 0.174 e. The molecule has 2 aromatic heterocycles. The highest BCUT2D eigenvalue weighted by molar-refractivity contribution is 7.80. The molecule has 34 heavy (non-hydrogen) atoms. The lowest BCUT2D eigenvalue weighted by Crippen LogP contribution is -2.30. The van der Waals surface area contributed by atoms with E-state index in [9.17, 15) is 0 Å². The van der Waals surface area contributed by atoms with E-state index in [1.165, 1.54) is 5.56 Å². The van der Waals surface area contributed by atoms with Crippen molar-refractivity contribution >= 4 is 23.0 Å². The van der Waals surface area contributed by atoms with Crippen LogP contribution in [0.1, 0.15) is 29.0 Å². The molecule has 0 spiro atoms. The summed E-state index contributed by atoms with van der Waals surface area (Å²) in [4.78, 5) is 6.77. The van der Waals surface area contributed by atoms with E-state index >= 15 is 0 Å². The third-order valence-electron chi connectivity index (χ3n) is 6.11. The second-order valence-corrected chi connectivity index (χ2v) is 8.56. The first-order chi connectivity index (χ1) is 16.6. The van der Waals surface area contributed by atoms with Crippen LogP contribution in [0, 0.1) is 6.92 Å². The molecule has 5 rings (SSSR count). The van der Waals surface area contributed by atoms with E-state index in [1.54, 1.807) is 14.2 Å². The van der Waals surface area contributed by atoms with Gasteiger partial charge in [-0.25, -0.2) is 0 Å². The van der Waals surface area contributed by atoms with Crippen molar-refractivity contribution in [2.45, 2.75) is 19.0 Å². The molecule has 6 nitrogen and oxygen atoms in total. The summed E-state index contributed by atoms with van der Waals surface area (Å²) >= 11 is 5.90. The van der Waals surface area contributed by atoms with Crippen LogP contribution < -0.4 is 19.7 Å². The fourth-order valence-corrected chi connectivity index (χ4v) is 4.89. The Labute approximate surface area is 204 Å². The minimum atomic E-state index is -0.182. The van der Waals surface area contributed by atoms with Crippen molar-refractivity contribution in [1.29, 1.82) is 0 Å². The molecule has 2 atom stereocenters. The summed E-state index contributed by atoms with van der Waals surface area (Å²) in [6, 6.07) is 24.0. The maximum absolute atomic E-state index is 5.90. The molecule has 0 saturated carbocycles. The van der Waals surface area contributed by atoms with Crippen molar-refractivity contribution in [2.24, 2.45) is 0 Å². The summed E-state index contributed by atoms with van der Waals surface area (Å²) < 4.78 is 13.5. The maximum atomic E-state index is 5.90. The first kappa shape index (κ1) is 22.0. The van der Waals surface area contributed by atoms with Crippen molar-refractivity contribution in [1.82, 2.24) is 14.9 Å². The Morgan fingerprint density at radius 1 is 0.941 bits per heavy atom. The molecule has 0 aliphatic carbocycles. The molecular weight excluding hydrogens is 444 g/mol. The molecule has 3 heterocycles. The number of pyridine rings is 1. The van der Waals surface area contributed by atoms with Crippen molar-refractivity contribution in [2.75, 3.05) is 19.1 Å². The number of aromatic nitrogens is 2. The van der Waals surface area contributed by atoms with Gasteiger partial charge < -0.3 is 24.3 Å². The molecular formula is C27H26N4O2S. The maximum Gasteiger partial charge on any atom is 0.174 e. The number of methoxy groups -OCH3 is 2. The number of rotatable bonds is 6. The fourth-order valence-electron chi connectivity index (χ4n) is 4.55. The van der Waals surface area contributed by atoms with Gasteiger partial charge in [-0.05, 0) is 73.2 Å². The summed E-state index contributed by atoms with van der Waals surface area (Å²) in [7, 11) is 3.32. The number of aryl methyl sites for hydroxylation is 1. The number of nitrogens with zero attached hydrogens (tertiary/aromatic N) is 3. The van der Waals surface area contributed by atoms with Crippen LogP contribution in [0.15, 0.2) is 85.2 Å². The van der Waals surface area contributed by atoms with E-state index in [4.69, 9.17) is 21.7 Å². The summed E-state index contributed by atoms with van der Waals surface area (Å²) in [6.45, 7) is 2.10. The Hall–Kier alpha value is -3.84. The van der Waals surface area contributed by atoms with Crippen molar-refractivity contribution < 1.29 is 9.47 Å². The monoisotopic (exact) mass is 470 g/mol. The summed E-state index contributed by atoms with van der Waals surface area (Å²) in [5.74, 6) is 1.44. The van der Waals surface area contributed by atoms with Crippen LogP contribution >= 0.6 is 12.2 Å². The summed E-state index contributed by atoms with van der Waals surface area (Å²) in [5.41, 5.74) is 5.12. The number of nitrogens with one attached hydrogen (secondary N) is 1. The average Bonchev–Trinajstić information content (AvgIpc) is 3.48. The SMILES string of the molecule is COc1ccc(OC)c(N2C(=S)NC(c3ccccn3)C2c2cccn2-c2cccc(C)c2)c1. The average molecular weight is 471 g/mol. The standard InChI is InChI=1S/C27H26N4O2S/c1-18-8-6-9-19(16-18)30-15-7-11-22(30)26-25(21-10-4-5-14-28-21)29-27(34)31(26)23-17-20(32-2)12-13-24(23)33-3/h4-17,25-26H,1-3H3,(H,29,34). The molecule has 1 N–H and O–H groups in total. The van der Waals surface area contributed by atoms with Gasteiger partial charge in [-0.3, -0.25) is 4.98 Å². The van der Waals surface area contributed by atoms with Crippen LogP contribution in [0.5, 0.6) is 11.5 Å². The molecule has 1 saturated heterocycles. The van der Waals surface area contributed by atoms with E-state index in [1.807, 2.05) is 42.6 Å². The lowest BCUT2D eigenvalue weighted by Gasteiger charge is -2.30. The third kappa shape index (κ3) is 3.88. The zero-order valence-corrected chi connectivity index (χ0v) is 20.1. The number of anilines is 1. The normalized spacial score (nSPS) is 17.5. The van der Waals surface area contributed by atoms with Crippen LogP contribution in [0.3, 0.4) is 0 Å². The van der Waals surface area contributed by atoms with Crippen LogP contribution in [0.25, 0.3) is 5.69 Å². The molecule has 0 bridgehead atoms. The molecule has 2 aromatic carbocycles. The molecule has 2 unspecified atom stereocenters. The first-order valence-electron chi connectivity index (χ1n) is 11.1. The highest BCUT2D eigenvalue weighted by Crippen LogP contribution is 2.46. The Balaban J connectivity index is 1.71. The van der Waals surface area contributed by atoms with Gasteiger partial charge >= 0.3 is 0 Å². The topological polar surface area (TPSA) is 51.6 Å². The predicted octanol–water partition coefficient (Wildman–Crippen LogP) is 5.38. The Morgan fingerprint density at radius 3 is 2.56 bits per heavy atom. The number of thiocarbonyl (C=S) groups is 1. The quantitative estimate of drug-likeness (QED) is 0.382. The van der Waals surface area contributed by atoms with Crippen molar-refractivity contribution in [3.8, 4) is 17.2 Å². The molecule has 172 valence electrons. The minimum absolute atomic E-state index is 0.164. The minimum Gasteiger partial charge on any atom is -0.497 e. The Bertz CT molecular complexity index is 1320. The van der Waals surface area contributed by atoms with Crippen LogP contribution in [-0.2, 0) is 0 Å². The molecule has 1 fully saturated rings. The zero-order chi connectivity index (χ0) is 23.7. The van der Waals surface area contributed by atoms with Gasteiger partial charge in [0.25, 0.3) is 0 Å². The van der Waals surface area contributed by atoms with E-state index < -0.39 is 0 Å².